The highest BCUT2D eigenvalue weighted by Crippen LogP contribution is 2.49. The van der Waals surface area contributed by atoms with Gasteiger partial charge in [0.25, 0.3) is 0 Å². The van der Waals surface area contributed by atoms with Crippen molar-refractivity contribution in [2.75, 3.05) is 52.9 Å². The normalized spacial score (nSPS) is 18.2. The predicted octanol–water partition coefficient (Wildman–Crippen LogP) is 6.78. The SMILES string of the molecule is N#Cc1ccc(-c2ccc(OCCOCCOC(=O)[C@H]3[C@H](C(=O)OCCOCCOc4ccc(-c5ccc(C#N)cc5)cc4)[C@H]4C=C[C@@H]3C4)cc2)cc1. The van der Waals surface area contributed by atoms with Gasteiger partial charge in [-0.3, -0.25) is 9.59 Å². The van der Waals surface area contributed by atoms with Gasteiger partial charge >= 0.3 is 11.9 Å². The number of fused-ring (bicyclic) bond motifs is 2. The fourth-order valence-corrected chi connectivity index (χ4v) is 6.66. The smallest absolute Gasteiger partial charge is 0.310 e. The number of carbonyl (C=O) groups excluding carboxylic acids is 2. The summed E-state index contributed by atoms with van der Waals surface area (Å²) in [6, 6.07) is 34.4. The lowest BCUT2D eigenvalue weighted by atomic mass is 9.83. The summed E-state index contributed by atoms with van der Waals surface area (Å²) in [5, 5.41) is 17.9. The van der Waals surface area contributed by atoms with Crippen LogP contribution >= 0.6 is 0 Å². The highest BCUT2D eigenvalue weighted by molar-refractivity contribution is 5.84. The van der Waals surface area contributed by atoms with Crippen LogP contribution in [0.2, 0.25) is 0 Å². The Morgan fingerprint density at radius 3 is 1.19 bits per heavy atom. The van der Waals surface area contributed by atoms with E-state index in [1.807, 2.05) is 84.9 Å². The molecule has 0 N–H and O–H groups in total. The molecule has 0 unspecified atom stereocenters. The van der Waals surface area contributed by atoms with E-state index in [9.17, 15) is 9.59 Å². The molecule has 2 aliphatic carbocycles. The van der Waals surface area contributed by atoms with Crippen LogP contribution in [0.5, 0.6) is 11.5 Å². The first-order valence-corrected chi connectivity index (χ1v) is 17.7. The summed E-state index contributed by atoms with van der Waals surface area (Å²) in [4.78, 5) is 26.1. The second-order valence-electron chi connectivity index (χ2n) is 12.7. The quantitative estimate of drug-likeness (QED) is 0.0617. The van der Waals surface area contributed by atoms with Gasteiger partial charge in [0.1, 0.15) is 37.9 Å². The summed E-state index contributed by atoms with van der Waals surface area (Å²) >= 11 is 0. The van der Waals surface area contributed by atoms with Gasteiger partial charge in [0.05, 0.1) is 61.5 Å². The molecule has 4 atom stereocenters. The van der Waals surface area contributed by atoms with Crippen LogP contribution in [0.25, 0.3) is 22.3 Å². The van der Waals surface area contributed by atoms with Gasteiger partial charge in [0, 0.05) is 0 Å². The Morgan fingerprint density at radius 1 is 0.491 bits per heavy atom. The van der Waals surface area contributed by atoms with Crippen LogP contribution in [0.1, 0.15) is 17.5 Å². The molecule has 10 heteroatoms. The molecule has 10 nitrogen and oxygen atoms in total. The molecule has 0 aromatic heterocycles. The molecule has 0 radical (unpaired) electrons. The van der Waals surface area contributed by atoms with Crippen molar-refractivity contribution < 1.29 is 38.0 Å². The van der Waals surface area contributed by atoms with E-state index in [2.05, 4.69) is 12.1 Å². The number of ether oxygens (including phenoxy) is 6. The summed E-state index contributed by atoms with van der Waals surface area (Å²) in [5.74, 6) is -0.659. The third kappa shape index (κ3) is 9.90. The van der Waals surface area contributed by atoms with E-state index >= 15 is 0 Å². The number of carbonyl (C=O) groups is 2. The average Bonchev–Trinajstić information content (AvgIpc) is 3.83. The Kier molecular flexibility index (Phi) is 12.9. The topological polar surface area (TPSA) is 137 Å². The van der Waals surface area contributed by atoms with Gasteiger partial charge in [-0.1, -0.05) is 60.7 Å². The number of nitriles is 2. The first-order chi connectivity index (χ1) is 26.0. The third-order valence-corrected chi connectivity index (χ3v) is 9.34. The minimum absolute atomic E-state index is 0.0470. The zero-order chi connectivity index (χ0) is 36.8. The number of benzene rings is 4. The lowest BCUT2D eigenvalue weighted by Crippen LogP contribution is -2.36. The maximum Gasteiger partial charge on any atom is 0.310 e. The van der Waals surface area contributed by atoms with E-state index in [1.54, 1.807) is 24.3 Å². The van der Waals surface area contributed by atoms with E-state index < -0.39 is 23.8 Å². The first kappa shape index (κ1) is 36.8. The lowest BCUT2D eigenvalue weighted by molar-refractivity contribution is -0.163. The Hall–Kier alpha value is -5.94. The van der Waals surface area contributed by atoms with Gasteiger partial charge in [0.2, 0.25) is 0 Å². The van der Waals surface area contributed by atoms with Gasteiger partial charge < -0.3 is 28.4 Å². The van der Waals surface area contributed by atoms with Crippen LogP contribution in [0.15, 0.2) is 109 Å². The van der Waals surface area contributed by atoms with E-state index in [0.29, 0.717) is 49.1 Å². The molecule has 6 rings (SSSR count). The van der Waals surface area contributed by atoms with Gasteiger partial charge in [-0.15, -0.1) is 0 Å². The molecule has 0 amide bonds. The predicted molar refractivity (Wildman–Crippen MR) is 195 cm³/mol. The van der Waals surface area contributed by atoms with Crippen LogP contribution in [-0.4, -0.2) is 64.8 Å². The molecule has 4 aromatic rings. The Morgan fingerprint density at radius 2 is 0.830 bits per heavy atom. The van der Waals surface area contributed by atoms with E-state index in [0.717, 1.165) is 28.7 Å². The number of allylic oxidation sites excluding steroid dienone is 2. The number of esters is 2. The van der Waals surface area contributed by atoms with Crippen LogP contribution in [0, 0.1) is 46.3 Å². The van der Waals surface area contributed by atoms with E-state index in [1.165, 1.54) is 0 Å². The standard InChI is InChI=1S/C43H40N2O8/c44-28-30-1-5-32(6-2-30)34-11-15-38(16-12-34)50-23-19-48-21-25-52-42(46)40-36-9-10-37(27-36)41(40)43(47)53-26-22-49-20-24-51-39-17-13-35(14-18-39)33-7-3-31(29-45)4-8-33/h1-18,36-37,40-41H,19-27H2/t36-,37+,40-,41-/m1/s1. The molecule has 4 aromatic carbocycles. The molecule has 53 heavy (non-hydrogen) atoms. The van der Waals surface area contributed by atoms with Crippen molar-refractivity contribution in [1.29, 1.82) is 10.5 Å². The van der Waals surface area contributed by atoms with E-state index in [-0.39, 0.29) is 38.3 Å². The van der Waals surface area contributed by atoms with Gasteiger partial charge in [-0.25, -0.2) is 0 Å². The number of hydrogen-bond donors (Lipinski definition) is 0. The molecule has 2 aliphatic rings. The monoisotopic (exact) mass is 712 g/mol. The van der Waals surface area contributed by atoms with Gasteiger partial charge in [-0.2, -0.15) is 10.5 Å². The van der Waals surface area contributed by atoms with Crippen molar-refractivity contribution in [3.05, 3.63) is 120 Å². The van der Waals surface area contributed by atoms with Crippen molar-refractivity contribution in [2.24, 2.45) is 23.7 Å². The second-order valence-corrected chi connectivity index (χ2v) is 12.7. The highest BCUT2D eigenvalue weighted by atomic mass is 16.6. The molecular formula is C43H40N2O8. The molecule has 1 saturated carbocycles. The maximum atomic E-state index is 13.1. The van der Waals surface area contributed by atoms with Crippen molar-refractivity contribution in [1.82, 2.24) is 0 Å². The zero-order valence-corrected chi connectivity index (χ0v) is 29.2. The zero-order valence-electron chi connectivity index (χ0n) is 29.2. The van der Waals surface area contributed by atoms with Crippen LogP contribution in [0.3, 0.4) is 0 Å². The molecule has 0 saturated heterocycles. The Labute approximate surface area is 309 Å². The van der Waals surface area contributed by atoms with Crippen LogP contribution in [0.4, 0.5) is 0 Å². The summed E-state index contributed by atoms with van der Waals surface area (Å²) in [6.07, 6.45) is 4.72. The average molecular weight is 713 g/mol. The van der Waals surface area contributed by atoms with Crippen molar-refractivity contribution >= 4 is 11.9 Å². The van der Waals surface area contributed by atoms with Gasteiger partial charge in [0.15, 0.2) is 0 Å². The number of rotatable bonds is 18. The molecule has 0 heterocycles. The van der Waals surface area contributed by atoms with E-state index in [4.69, 9.17) is 38.9 Å². The van der Waals surface area contributed by atoms with Crippen molar-refractivity contribution in [3.63, 3.8) is 0 Å². The molecule has 270 valence electrons. The van der Waals surface area contributed by atoms with Crippen molar-refractivity contribution in [2.45, 2.75) is 6.42 Å². The van der Waals surface area contributed by atoms with Crippen LogP contribution < -0.4 is 9.47 Å². The second kappa shape index (κ2) is 18.5. The molecule has 0 spiro atoms. The molecule has 1 fully saturated rings. The number of hydrogen-bond acceptors (Lipinski definition) is 10. The fourth-order valence-electron chi connectivity index (χ4n) is 6.66. The summed E-state index contributed by atoms with van der Waals surface area (Å²) in [5.41, 5.74) is 5.32. The minimum Gasteiger partial charge on any atom is -0.491 e. The van der Waals surface area contributed by atoms with Crippen LogP contribution in [-0.2, 0) is 28.5 Å². The maximum absolute atomic E-state index is 13.1. The molecular weight excluding hydrogens is 672 g/mol. The lowest BCUT2D eigenvalue weighted by Gasteiger charge is -2.25. The molecule has 0 aliphatic heterocycles. The highest BCUT2D eigenvalue weighted by Gasteiger charge is 2.53. The summed E-state index contributed by atoms with van der Waals surface area (Å²) in [6.45, 7) is 1.89. The van der Waals surface area contributed by atoms with Gasteiger partial charge in [-0.05, 0) is 89.0 Å². The largest absolute Gasteiger partial charge is 0.491 e. The minimum atomic E-state index is -0.578. The third-order valence-electron chi connectivity index (χ3n) is 9.34. The molecule has 2 bridgehead atoms. The summed E-state index contributed by atoms with van der Waals surface area (Å²) in [7, 11) is 0. The first-order valence-electron chi connectivity index (χ1n) is 17.7. The Balaban J connectivity index is 0.826. The fraction of sp³-hybridized carbons (Fsp3) is 0.302. The summed E-state index contributed by atoms with van der Waals surface area (Å²) < 4.78 is 33.8. The Bertz CT molecular complexity index is 1790. The van der Waals surface area contributed by atoms with Crippen molar-refractivity contribution in [3.8, 4) is 45.9 Å². The number of nitrogens with zero attached hydrogens (tertiary/aromatic N) is 2.